The number of carbonyl (C=O) groups excluding carboxylic acids is 2. The highest BCUT2D eigenvalue weighted by molar-refractivity contribution is 7.80. The minimum atomic E-state index is -0.439. The maximum absolute atomic E-state index is 11.9. The number of nitrogens with one attached hydrogen (secondary N) is 3. The predicted octanol–water partition coefficient (Wildman–Crippen LogP) is 2.63. The van der Waals surface area contributed by atoms with Crippen LogP contribution in [0.5, 0.6) is 5.75 Å². The van der Waals surface area contributed by atoms with E-state index in [4.69, 9.17) is 28.6 Å². The van der Waals surface area contributed by atoms with Crippen LogP contribution >= 0.6 is 23.8 Å². The van der Waals surface area contributed by atoms with E-state index >= 15 is 0 Å². The first kappa shape index (κ1) is 20.4. The van der Waals surface area contributed by atoms with E-state index in [-0.39, 0.29) is 17.4 Å². The zero-order chi connectivity index (χ0) is 19.6. The van der Waals surface area contributed by atoms with Crippen molar-refractivity contribution in [1.29, 1.82) is 0 Å². The first-order valence-electron chi connectivity index (χ1n) is 7.93. The van der Waals surface area contributed by atoms with Crippen molar-refractivity contribution in [1.82, 2.24) is 16.2 Å². The van der Waals surface area contributed by atoms with Gasteiger partial charge in [-0.05, 0) is 42.1 Å². The van der Waals surface area contributed by atoms with Crippen molar-refractivity contribution in [2.24, 2.45) is 0 Å². The molecule has 0 heterocycles. The molecule has 0 bridgehead atoms. The van der Waals surface area contributed by atoms with Gasteiger partial charge in [0.25, 0.3) is 0 Å². The molecule has 0 aromatic heterocycles. The van der Waals surface area contributed by atoms with Crippen molar-refractivity contribution >= 4 is 46.8 Å². The fourth-order valence-corrected chi connectivity index (χ4v) is 2.39. The Morgan fingerprint density at radius 2 is 1.81 bits per heavy atom. The first-order valence-corrected chi connectivity index (χ1v) is 8.72. The van der Waals surface area contributed by atoms with Crippen molar-refractivity contribution in [3.63, 3.8) is 0 Å². The van der Waals surface area contributed by atoms with Gasteiger partial charge in [0.15, 0.2) is 5.11 Å². The quantitative estimate of drug-likeness (QED) is 0.406. The molecular weight excluding hydrogens is 386 g/mol. The maximum atomic E-state index is 11.9. The molecular formula is C19H18ClN3O3S. The van der Waals surface area contributed by atoms with Gasteiger partial charge in [0, 0.05) is 16.7 Å². The number of rotatable bonds is 5. The SMILES string of the molecule is COc1ccccc1C=CC(=O)NC(=S)NNC(=O)Cc1ccc(Cl)cc1. The van der Waals surface area contributed by atoms with Crippen LogP contribution in [-0.2, 0) is 16.0 Å². The highest BCUT2D eigenvalue weighted by atomic mass is 35.5. The van der Waals surface area contributed by atoms with E-state index in [0.29, 0.717) is 10.8 Å². The van der Waals surface area contributed by atoms with Crippen molar-refractivity contribution < 1.29 is 14.3 Å². The third-order valence-electron chi connectivity index (χ3n) is 3.38. The monoisotopic (exact) mass is 403 g/mol. The molecule has 27 heavy (non-hydrogen) atoms. The molecule has 0 spiro atoms. The molecule has 3 N–H and O–H groups in total. The van der Waals surface area contributed by atoms with E-state index in [2.05, 4.69) is 16.2 Å². The van der Waals surface area contributed by atoms with Gasteiger partial charge in [0.1, 0.15) is 5.75 Å². The largest absolute Gasteiger partial charge is 0.496 e. The lowest BCUT2D eigenvalue weighted by Crippen LogP contribution is -2.48. The Labute approximate surface area is 167 Å². The first-order chi connectivity index (χ1) is 13.0. The summed E-state index contributed by atoms with van der Waals surface area (Å²) in [6.45, 7) is 0. The van der Waals surface area contributed by atoms with Crippen LogP contribution in [0.25, 0.3) is 6.08 Å². The standard InChI is InChI=1S/C19H18ClN3O3S/c1-26-16-5-3-2-4-14(16)8-11-17(24)21-19(27)23-22-18(25)12-13-6-9-15(20)10-7-13/h2-11H,12H2,1H3,(H,22,25)(H2,21,23,24,27). The predicted molar refractivity (Wildman–Crippen MR) is 109 cm³/mol. The third-order valence-corrected chi connectivity index (χ3v) is 3.84. The fourth-order valence-electron chi connectivity index (χ4n) is 2.11. The smallest absolute Gasteiger partial charge is 0.250 e. The van der Waals surface area contributed by atoms with Crippen LogP contribution in [0.1, 0.15) is 11.1 Å². The maximum Gasteiger partial charge on any atom is 0.250 e. The van der Waals surface area contributed by atoms with Crippen LogP contribution in [0.3, 0.4) is 0 Å². The van der Waals surface area contributed by atoms with Crippen molar-refractivity contribution in [3.05, 3.63) is 70.8 Å². The number of carbonyl (C=O) groups is 2. The molecule has 2 amide bonds. The summed E-state index contributed by atoms with van der Waals surface area (Å²) in [6.07, 6.45) is 3.08. The molecule has 0 aliphatic rings. The molecule has 2 aromatic carbocycles. The minimum Gasteiger partial charge on any atom is -0.496 e. The van der Waals surface area contributed by atoms with E-state index in [9.17, 15) is 9.59 Å². The van der Waals surface area contributed by atoms with Crippen LogP contribution < -0.4 is 20.9 Å². The average Bonchev–Trinajstić information content (AvgIpc) is 2.67. The van der Waals surface area contributed by atoms with Gasteiger partial charge < -0.3 is 4.74 Å². The molecule has 2 rings (SSSR count). The van der Waals surface area contributed by atoms with E-state index in [0.717, 1.165) is 11.1 Å². The Morgan fingerprint density at radius 3 is 2.52 bits per heavy atom. The van der Waals surface area contributed by atoms with Gasteiger partial charge in [-0.1, -0.05) is 41.9 Å². The number of hydrogen-bond donors (Lipinski definition) is 3. The molecule has 0 radical (unpaired) electrons. The van der Waals surface area contributed by atoms with E-state index < -0.39 is 5.91 Å². The molecule has 0 saturated heterocycles. The lowest BCUT2D eigenvalue weighted by atomic mass is 10.1. The van der Waals surface area contributed by atoms with Crippen molar-refractivity contribution in [2.45, 2.75) is 6.42 Å². The van der Waals surface area contributed by atoms with Crippen LogP contribution in [0.2, 0.25) is 5.02 Å². The lowest BCUT2D eigenvalue weighted by molar-refractivity contribution is -0.121. The summed E-state index contributed by atoms with van der Waals surface area (Å²) < 4.78 is 5.20. The average molecular weight is 404 g/mol. The van der Waals surface area contributed by atoms with E-state index in [1.165, 1.54) is 6.08 Å². The molecule has 0 atom stereocenters. The van der Waals surface area contributed by atoms with Crippen molar-refractivity contribution in [3.8, 4) is 5.75 Å². The Hall–Kier alpha value is -2.90. The van der Waals surface area contributed by atoms with Gasteiger partial charge >= 0.3 is 0 Å². The van der Waals surface area contributed by atoms with Gasteiger partial charge in [-0.25, -0.2) is 0 Å². The number of para-hydroxylation sites is 1. The summed E-state index contributed by atoms with van der Waals surface area (Å²) in [6, 6.07) is 14.2. The normalized spacial score (nSPS) is 10.3. The zero-order valence-corrected chi connectivity index (χ0v) is 16.1. The second-order valence-corrected chi connectivity index (χ2v) is 6.21. The second kappa shape index (κ2) is 10.3. The highest BCUT2D eigenvalue weighted by Crippen LogP contribution is 2.18. The number of thiocarbonyl (C=S) groups is 1. The molecule has 6 nitrogen and oxygen atoms in total. The Morgan fingerprint density at radius 1 is 1.11 bits per heavy atom. The fraction of sp³-hybridized carbons (Fsp3) is 0.105. The van der Waals surface area contributed by atoms with Crippen LogP contribution in [0, 0.1) is 0 Å². The molecule has 0 unspecified atom stereocenters. The number of methoxy groups -OCH3 is 1. The molecule has 0 fully saturated rings. The number of amides is 2. The molecule has 0 aliphatic heterocycles. The Kier molecular flexibility index (Phi) is 7.79. The molecule has 0 saturated carbocycles. The third kappa shape index (κ3) is 7.08. The number of ether oxygens (including phenoxy) is 1. The van der Waals surface area contributed by atoms with E-state index in [1.54, 1.807) is 43.5 Å². The summed E-state index contributed by atoms with van der Waals surface area (Å²) in [4.78, 5) is 23.8. The van der Waals surface area contributed by atoms with E-state index in [1.807, 2.05) is 18.2 Å². The Bertz CT molecular complexity index is 854. The summed E-state index contributed by atoms with van der Waals surface area (Å²) in [7, 11) is 1.55. The summed E-state index contributed by atoms with van der Waals surface area (Å²) >= 11 is 10.8. The highest BCUT2D eigenvalue weighted by Gasteiger charge is 2.06. The van der Waals surface area contributed by atoms with Crippen molar-refractivity contribution in [2.75, 3.05) is 7.11 Å². The topological polar surface area (TPSA) is 79.5 Å². The number of hydrazine groups is 1. The summed E-state index contributed by atoms with van der Waals surface area (Å²) in [5.74, 6) is -0.0967. The molecule has 140 valence electrons. The summed E-state index contributed by atoms with van der Waals surface area (Å²) in [5, 5.41) is 3.02. The second-order valence-electron chi connectivity index (χ2n) is 5.37. The number of benzene rings is 2. The van der Waals surface area contributed by atoms with Crippen LogP contribution in [0.4, 0.5) is 0 Å². The van der Waals surface area contributed by atoms with Crippen LogP contribution in [-0.4, -0.2) is 24.0 Å². The molecule has 2 aromatic rings. The van der Waals surface area contributed by atoms with Gasteiger partial charge in [0.05, 0.1) is 13.5 Å². The Balaban J connectivity index is 1.77. The van der Waals surface area contributed by atoms with Gasteiger partial charge in [-0.3, -0.25) is 25.8 Å². The van der Waals surface area contributed by atoms with Gasteiger partial charge in [-0.15, -0.1) is 0 Å². The van der Waals surface area contributed by atoms with Gasteiger partial charge in [-0.2, -0.15) is 0 Å². The zero-order valence-electron chi connectivity index (χ0n) is 14.5. The molecule has 8 heteroatoms. The number of hydrogen-bond acceptors (Lipinski definition) is 4. The minimum absolute atomic E-state index is 0.0193. The molecule has 0 aliphatic carbocycles. The lowest BCUT2D eigenvalue weighted by Gasteiger charge is -2.10. The van der Waals surface area contributed by atoms with Crippen LogP contribution in [0.15, 0.2) is 54.6 Å². The summed E-state index contributed by atoms with van der Waals surface area (Å²) in [5.41, 5.74) is 6.46. The van der Waals surface area contributed by atoms with Gasteiger partial charge in [0.2, 0.25) is 11.8 Å². The number of halogens is 1.